The van der Waals surface area contributed by atoms with E-state index in [-0.39, 0.29) is 18.8 Å². The summed E-state index contributed by atoms with van der Waals surface area (Å²) < 4.78 is 5.91. The standard InChI is InChI=1S/C14H20O3/c1-10-5-4-6-11(9-15)14(10)17-13-8-3-2-7-12(13)16/h4-6,12-13,15-16H,2-3,7-9H2,1H3. The van der Waals surface area contributed by atoms with E-state index in [1.807, 2.05) is 25.1 Å². The van der Waals surface area contributed by atoms with E-state index in [0.717, 1.165) is 42.6 Å². The first kappa shape index (κ1) is 12.4. The van der Waals surface area contributed by atoms with Crippen LogP contribution in [-0.2, 0) is 6.61 Å². The van der Waals surface area contributed by atoms with Crippen molar-refractivity contribution < 1.29 is 14.9 Å². The Balaban J connectivity index is 2.16. The third-order valence-corrected chi connectivity index (χ3v) is 3.40. The molecule has 2 unspecified atom stereocenters. The fraction of sp³-hybridized carbons (Fsp3) is 0.571. The molecule has 0 heterocycles. The zero-order valence-electron chi connectivity index (χ0n) is 10.2. The Bertz CT molecular complexity index is 376. The van der Waals surface area contributed by atoms with E-state index < -0.39 is 0 Å². The molecule has 94 valence electrons. The summed E-state index contributed by atoms with van der Waals surface area (Å²) in [6.45, 7) is 1.93. The summed E-state index contributed by atoms with van der Waals surface area (Å²) >= 11 is 0. The number of rotatable bonds is 3. The molecule has 0 aromatic heterocycles. The first-order chi connectivity index (χ1) is 8.22. The monoisotopic (exact) mass is 236 g/mol. The summed E-state index contributed by atoms with van der Waals surface area (Å²) in [6.07, 6.45) is 3.36. The molecule has 0 bridgehead atoms. The van der Waals surface area contributed by atoms with E-state index in [4.69, 9.17) is 4.74 Å². The molecule has 1 fully saturated rings. The molecule has 1 aliphatic carbocycles. The minimum Gasteiger partial charge on any atom is -0.487 e. The maximum Gasteiger partial charge on any atom is 0.128 e. The second kappa shape index (κ2) is 5.52. The average molecular weight is 236 g/mol. The van der Waals surface area contributed by atoms with Crippen molar-refractivity contribution in [1.29, 1.82) is 0 Å². The first-order valence-corrected chi connectivity index (χ1v) is 6.26. The van der Waals surface area contributed by atoms with Crippen LogP contribution in [0.4, 0.5) is 0 Å². The highest BCUT2D eigenvalue weighted by molar-refractivity contribution is 5.40. The zero-order chi connectivity index (χ0) is 12.3. The molecule has 1 saturated carbocycles. The van der Waals surface area contributed by atoms with E-state index in [1.165, 1.54) is 0 Å². The van der Waals surface area contributed by atoms with Crippen LogP contribution in [-0.4, -0.2) is 22.4 Å². The minimum absolute atomic E-state index is 0.0279. The molecule has 2 N–H and O–H groups in total. The predicted octanol–water partition coefficient (Wildman–Crippen LogP) is 2.17. The van der Waals surface area contributed by atoms with E-state index >= 15 is 0 Å². The summed E-state index contributed by atoms with van der Waals surface area (Å²) in [6, 6.07) is 5.73. The van der Waals surface area contributed by atoms with E-state index in [9.17, 15) is 10.2 Å². The van der Waals surface area contributed by atoms with Crippen LogP contribution >= 0.6 is 0 Å². The van der Waals surface area contributed by atoms with Gasteiger partial charge in [0.15, 0.2) is 0 Å². The van der Waals surface area contributed by atoms with Crippen LogP contribution < -0.4 is 4.74 Å². The second-order valence-corrected chi connectivity index (χ2v) is 4.73. The van der Waals surface area contributed by atoms with Crippen molar-refractivity contribution in [2.45, 2.75) is 51.4 Å². The van der Waals surface area contributed by atoms with Crippen LogP contribution in [0, 0.1) is 6.92 Å². The lowest BCUT2D eigenvalue weighted by atomic mass is 9.94. The second-order valence-electron chi connectivity index (χ2n) is 4.73. The number of hydrogen-bond donors (Lipinski definition) is 2. The maximum absolute atomic E-state index is 9.90. The summed E-state index contributed by atoms with van der Waals surface area (Å²) in [4.78, 5) is 0. The zero-order valence-corrected chi connectivity index (χ0v) is 10.2. The molecule has 1 aromatic carbocycles. The highest BCUT2D eigenvalue weighted by Crippen LogP contribution is 2.29. The quantitative estimate of drug-likeness (QED) is 0.845. The lowest BCUT2D eigenvalue weighted by Gasteiger charge is -2.29. The Hall–Kier alpha value is -1.06. The fourth-order valence-corrected chi connectivity index (χ4v) is 2.37. The van der Waals surface area contributed by atoms with Crippen LogP contribution in [0.15, 0.2) is 18.2 Å². The molecular weight excluding hydrogens is 216 g/mol. The van der Waals surface area contributed by atoms with Crippen molar-refractivity contribution in [3.63, 3.8) is 0 Å². The van der Waals surface area contributed by atoms with E-state index in [1.54, 1.807) is 0 Å². The molecule has 0 amide bonds. The predicted molar refractivity (Wildman–Crippen MR) is 66.0 cm³/mol. The van der Waals surface area contributed by atoms with Crippen molar-refractivity contribution >= 4 is 0 Å². The molecule has 0 aliphatic heterocycles. The van der Waals surface area contributed by atoms with Gasteiger partial charge in [-0.1, -0.05) is 24.6 Å². The summed E-state index contributed by atoms with van der Waals surface area (Å²) in [5, 5.41) is 19.2. The lowest BCUT2D eigenvalue weighted by Crippen LogP contribution is -2.35. The Morgan fingerprint density at radius 3 is 2.76 bits per heavy atom. The number of aryl methyl sites for hydroxylation is 1. The Morgan fingerprint density at radius 2 is 2.06 bits per heavy atom. The molecule has 1 aromatic rings. The third-order valence-electron chi connectivity index (χ3n) is 3.40. The summed E-state index contributed by atoms with van der Waals surface area (Å²) in [7, 11) is 0. The molecule has 0 saturated heterocycles. The number of benzene rings is 1. The highest BCUT2D eigenvalue weighted by atomic mass is 16.5. The summed E-state index contributed by atoms with van der Waals surface area (Å²) in [5.41, 5.74) is 1.80. The van der Waals surface area contributed by atoms with Crippen LogP contribution in [0.2, 0.25) is 0 Å². The Labute approximate surface area is 102 Å². The normalized spacial score (nSPS) is 24.6. The van der Waals surface area contributed by atoms with Gasteiger partial charge in [0, 0.05) is 5.56 Å². The van der Waals surface area contributed by atoms with Gasteiger partial charge in [-0.05, 0) is 31.7 Å². The Morgan fingerprint density at radius 1 is 1.29 bits per heavy atom. The molecule has 2 rings (SSSR count). The SMILES string of the molecule is Cc1cccc(CO)c1OC1CCCCC1O. The number of ether oxygens (including phenoxy) is 1. The number of para-hydroxylation sites is 1. The number of aliphatic hydroxyl groups excluding tert-OH is 2. The van der Waals surface area contributed by atoms with Crippen LogP contribution in [0.25, 0.3) is 0 Å². The van der Waals surface area contributed by atoms with Gasteiger partial charge in [0.2, 0.25) is 0 Å². The smallest absolute Gasteiger partial charge is 0.128 e. The number of hydrogen-bond acceptors (Lipinski definition) is 3. The van der Waals surface area contributed by atoms with Gasteiger partial charge in [-0.2, -0.15) is 0 Å². The number of aliphatic hydroxyl groups is 2. The molecule has 3 heteroatoms. The molecule has 1 aliphatic rings. The van der Waals surface area contributed by atoms with Crippen molar-refractivity contribution in [3.05, 3.63) is 29.3 Å². The van der Waals surface area contributed by atoms with Gasteiger partial charge >= 0.3 is 0 Å². The van der Waals surface area contributed by atoms with Crippen molar-refractivity contribution in [1.82, 2.24) is 0 Å². The van der Waals surface area contributed by atoms with Gasteiger partial charge in [0.25, 0.3) is 0 Å². The van der Waals surface area contributed by atoms with Gasteiger partial charge in [-0.25, -0.2) is 0 Å². The van der Waals surface area contributed by atoms with Crippen LogP contribution in [0.5, 0.6) is 5.75 Å². The van der Waals surface area contributed by atoms with Crippen LogP contribution in [0.1, 0.15) is 36.8 Å². The maximum atomic E-state index is 9.90. The topological polar surface area (TPSA) is 49.7 Å². The largest absolute Gasteiger partial charge is 0.487 e. The van der Waals surface area contributed by atoms with E-state index in [2.05, 4.69) is 0 Å². The fourth-order valence-electron chi connectivity index (χ4n) is 2.37. The van der Waals surface area contributed by atoms with Crippen LogP contribution in [0.3, 0.4) is 0 Å². The molecule has 0 radical (unpaired) electrons. The molecule has 3 nitrogen and oxygen atoms in total. The van der Waals surface area contributed by atoms with Gasteiger partial charge in [0.05, 0.1) is 12.7 Å². The lowest BCUT2D eigenvalue weighted by molar-refractivity contribution is 0.00552. The van der Waals surface area contributed by atoms with Crippen molar-refractivity contribution in [2.75, 3.05) is 0 Å². The summed E-state index contributed by atoms with van der Waals surface area (Å²) in [5.74, 6) is 0.737. The van der Waals surface area contributed by atoms with Crippen molar-refractivity contribution in [3.8, 4) is 5.75 Å². The van der Waals surface area contributed by atoms with Crippen molar-refractivity contribution in [2.24, 2.45) is 0 Å². The van der Waals surface area contributed by atoms with Gasteiger partial charge in [0.1, 0.15) is 11.9 Å². The third kappa shape index (κ3) is 2.79. The Kier molecular flexibility index (Phi) is 4.02. The van der Waals surface area contributed by atoms with E-state index in [0.29, 0.717) is 0 Å². The minimum atomic E-state index is -0.380. The van der Waals surface area contributed by atoms with Gasteiger partial charge < -0.3 is 14.9 Å². The molecule has 0 spiro atoms. The molecular formula is C14H20O3. The van der Waals surface area contributed by atoms with Gasteiger partial charge in [-0.15, -0.1) is 0 Å². The average Bonchev–Trinajstić information content (AvgIpc) is 2.34. The first-order valence-electron chi connectivity index (χ1n) is 6.26. The van der Waals surface area contributed by atoms with Gasteiger partial charge in [-0.3, -0.25) is 0 Å². The molecule has 2 atom stereocenters. The molecule has 17 heavy (non-hydrogen) atoms. The highest BCUT2D eigenvalue weighted by Gasteiger charge is 2.25.